The Balaban J connectivity index is 0.000000161. The largest absolute Gasteiger partial charge is 0.519 e. The Labute approximate surface area is 616 Å². The van der Waals surface area contributed by atoms with E-state index in [2.05, 4.69) is 140 Å². The van der Waals surface area contributed by atoms with Crippen LogP contribution in [0.1, 0.15) is 99.9 Å². The molecule has 0 saturated heterocycles. The first-order valence-electron chi connectivity index (χ1n) is 34.2. The van der Waals surface area contributed by atoms with Crippen molar-refractivity contribution in [1.82, 2.24) is 0 Å². The summed E-state index contributed by atoms with van der Waals surface area (Å²) in [7, 11) is 0. The van der Waals surface area contributed by atoms with E-state index in [4.69, 9.17) is 28.4 Å². The van der Waals surface area contributed by atoms with E-state index < -0.39 is 18.5 Å². The third kappa shape index (κ3) is 24.7. The summed E-state index contributed by atoms with van der Waals surface area (Å²) in [5.74, 6) is 3.69. The summed E-state index contributed by atoms with van der Waals surface area (Å²) in [5.41, 5.74) is 9.59. The molecule has 0 unspecified atom stereocenters. The van der Waals surface area contributed by atoms with E-state index in [-0.39, 0.29) is 21.7 Å². The zero-order valence-corrected chi connectivity index (χ0v) is 60.2. The number of hydrogen-bond donors (Lipinski definition) is 3. The summed E-state index contributed by atoms with van der Waals surface area (Å²) in [6.45, 7) is 17.5. The van der Waals surface area contributed by atoms with Crippen molar-refractivity contribution >= 4 is 18.5 Å². The molecule has 0 amide bonds. The van der Waals surface area contributed by atoms with Gasteiger partial charge in [-0.3, -0.25) is 0 Å². The van der Waals surface area contributed by atoms with Crippen molar-refractivity contribution in [3.63, 3.8) is 0 Å². The minimum Gasteiger partial charge on any atom is -0.508 e. The van der Waals surface area contributed by atoms with Gasteiger partial charge in [0.25, 0.3) is 0 Å². The first-order chi connectivity index (χ1) is 50.6. The predicted octanol–water partition coefficient (Wildman–Crippen LogP) is 23.3. The van der Waals surface area contributed by atoms with Crippen LogP contribution >= 0.6 is 0 Å². The van der Waals surface area contributed by atoms with Gasteiger partial charge in [-0.15, -0.1) is 0 Å². The molecule has 3 N–H and O–H groups in total. The molecule has 532 valence electrons. The van der Waals surface area contributed by atoms with E-state index in [0.717, 1.165) is 5.56 Å². The number of para-hydroxylation sites is 5. The van der Waals surface area contributed by atoms with Gasteiger partial charge in [0.05, 0.1) is 0 Å². The molecule has 0 aliphatic heterocycles. The molecule has 0 saturated carbocycles. The van der Waals surface area contributed by atoms with E-state index in [1.807, 2.05) is 115 Å². The lowest BCUT2D eigenvalue weighted by atomic mass is 9.78. The van der Waals surface area contributed by atoms with Gasteiger partial charge in [0.2, 0.25) is 0 Å². The molecular weight excluding hydrogens is 1310 g/mol. The van der Waals surface area contributed by atoms with Crippen LogP contribution in [0, 0.1) is 0 Å². The Hall–Kier alpha value is -12.9. The molecule has 0 aliphatic carbocycles. The summed E-state index contributed by atoms with van der Waals surface area (Å²) in [6, 6.07) is 115. The van der Waals surface area contributed by atoms with Crippen molar-refractivity contribution in [3.8, 4) is 51.7 Å². The highest BCUT2D eigenvalue weighted by Crippen LogP contribution is 2.36. The number of ether oxygens (including phenoxy) is 6. The molecule has 0 aromatic heterocycles. The second-order valence-corrected chi connectivity index (χ2v) is 26.1. The van der Waals surface area contributed by atoms with Crippen molar-refractivity contribution in [2.24, 2.45) is 0 Å². The second kappa shape index (κ2) is 38.8. The molecule has 12 heteroatoms. The number of rotatable bonds is 14. The van der Waals surface area contributed by atoms with Crippen LogP contribution in [-0.2, 0) is 21.7 Å². The maximum Gasteiger partial charge on any atom is 0.519 e. The summed E-state index contributed by atoms with van der Waals surface area (Å²) in [5, 5.41) is 27.9. The molecule has 13 aromatic carbocycles. The number of carbonyl (C=O) groups is 3. The lowest BCUT2D eigenvalue weighted by molar-refractivity contribution is 0.150. The Morgan fingerprint density at radius 3 is 0.467 bits per heavy atom. The molecule has 0 fully saturated rings. The minimum absolute atomic E-state index is 0.0328. The number of carbonyl (C=O) groups excluding carboxylic acids is 3. The van der Waals surface area contributed by atoms with Gasteiger partial charge in [-0.25, -0.2) is 14.4 Å². The molecule has 0 heterocycles. The van der Waals surface area contributed by atoms with Gasteiger partial charge >= 0.3 is 18.5 Å². The quantitative estimate of drug-likeness (QED) is 0.0697. The van der Waals surface area contributed by atoms with Crippen LogP contribution in [0.2, 0.25) is 0 Å². The van der Waals surface area contributed by atoms with Crippen LogP contribution in [0.4, 0.5) is 14.4 Å². The van der Waals surface area contributed by atoms with Crippen LogP contribution < -0.4 is 28.4 Å². The fraction of sp³-hybridized carbons (Fsp3) is 0.129. The highest BCUT2D eigenvalue weighted by atomic mass is 16.7. The highest BCUT2D eigenvalue weighted by molar-refractivity contribution is 5.68. The van der Waals surface area contributed by atoms with Gasteiger partial charge in [-0.2, -0.15) is 0 Å². The minimum atomic E-state index is -0.749. The average Bonchev–Trinajstić information content (AvgIpc) is 0.851. The smallest absolute Gasteiger partial charge is 0.508 e. The molecule has 0 radical (unpaired) electrons. The number of benzene rings is 13. The van der Waals surface area contributed by atoms with Crippen molar-refractivity contribution in [2.45, 2.75) is 77.0 Å². The number of phenolic OH excluding ortho intramolecular Hbond substituents is 3. The molecule has 0 atom stereocenters. The Morgan fingerprint density at radius 1 is 0.181 bits per heavy atom. The van der Waals surface area contributed by atoms with Gasteiger partial charge in [-0.1, -0.05) is 316 Å². The Morgan fingerprint density at radius 2 is 0.305 bits per heavy atom. The average molecular weight is 1400 g/mol. The molecule has 12 nitrogen and oxygen atoms in total. The first kappa shape index (κ1) is 77.8. The molecule has 105 heavy (non-hydrogen) atoms. The number of aromatic hydroxyl groups is 3. The SMILES string of the molecule is CC(C)(c1ccccc1)c1ccc(O)cc1.CC(C)(c1ccccc1)c1ccc(O)cc1.CC(C)(c1ccccc1)c1ccc(O)cc1.CC(C)(c1ccccc1)c1ccc(OC(=O)Oc2ccccc2)cc1.O=C(Oc1ccccc1)Oc1ccccc1.O=C(Oc1ccccc1)Oc1ccccc1. The van der Waals surface area contributed by atoms with Gasteiger partial charge in [0, 0.05) is 21.7 Å². The normalized spacial score (nSPS) is 10.7. The third-order valence-corrected chi connectivity index (χ3v) is 17.2. The van der Waals surface area contributed by atoms with Crippen LogP contribution in [0.5, 0.6) is 51.7 Å². The van der Waals surface area contributed by atoms with Crippen molar-refractivity contribution < 1.29 is 58.1 Å². The lowest BCUT2D eigenvalue weighted by Crippen LogP contribution is -2.19. The van der Waals surface area contributed by atoms with E-state index >= 15 is 0 Å². The lowest BCUT2D eigenvalue weighted by Gasteiger charge is -2.26. The van der Waals surface area contributed by atoms with Crippen molar-refractivity contribution in [1.29, 1.82) is 0 Å². The zero-order chi connectivity index (χ0) is 74.9. The third-order valence-electron chi connectivity index (χ3n) is 17.2. The Bertz CT molecular complexity index is 4250. The van der Waals surface area contributed by atoms with Gasteiger partial charge in [-0.05, 0) is 154 Å². The first-order valence-corrected chi connectivity index (χ1v) is 34.2. The number of phenols is 3. The molecule has 13 aromatic rings. The summed E-state index contributed by atoms with van der Waals surface area (Å²) < 4.78 is 30.2. The summed E-state index contributed by atoms with van der Waals surface area (Å²) >= 11 is 0. The van der Waals surface area contributed by atoms with Gasteiger partial charge in [0.1, 0.15) is 51.7 Å². The fourth-order valence-electron chi connectivity index (χ4n) is 10.7. The summed E-state index contributed by atoms with van der Waals surface area (Å²) in [6.07, 6.45) is -2.23. The van der Waals surface area contributed by atoms with Crippen LogP contribution in [0.15, 0.2) is 370 Å². The van der Waals surface area contributed by atoms with Gasteiger partial charge in [0.15, 0.2) is 0 Å². The van der Waals surface area contributed by atoms with Crippen LogP contribution in [-0.4, -0.2) is 33.8 Å². The van der Waals surface area contributed by atoms with Crippen molar-refractivity contribution in [2.75, 3.05) is 0 Å². The highest BCUT2D eigenvalue weighted by Gasteiger charge is 2.26. The van der Waals surface area contributed by atoms with Crippen molar-refractivity contribution in [3.05, 3.63) is 415 Å². The Kier molecular flexibility index (Phi) is 28.7. The van der Waals surface area contributed by atoms with E-state index in [0.29, 0.717) is 51.7 Å². The molecule has 13 rings (SSSR count). The molecular formula is C93H88O12. The molecule has 0 spiro atoms. The molecule has 0 bridgehead atoms. The van der Waals surface area contributed by atoms with Crippen LogP contribution in [0.3, 0.4) is 0 Å². The fourth-order valence-corrected chi connectivity index (χ4v) is 10.7. The summed E-state index contributed by atoms with van der Waals surface area (Å²) in [4.78, 5) is 34.5. The maximum atomic E-state index is 11.8. The van der Waals surface area contributed by atoms with E-state index in [1.54, 1.807) is 170 Å². The van der Waals surface area contributed by atoms with E-state index in [9.17, 15) is 29.7 Å². The van der Waals surface area contributed by atoms with Crippen LogP contribution in [0.25, 0.3) is 0 Å². The second-order valence-electron chi connectivity index (χ2n) is 26.1. The zero-order valence-electron chi connectivity index (χ0n) is 60.2. The number of hydrogen-bond acceptors (Lipinski definition) is 12. The monoisotopic (exact) mass is 1400 g/mol. The predicted molar refractivity (Wildman–Crippen MR) is 417 cm³/mol. The molecule has 0 aliphatic rings. The van der Waals surface area contributed by atoms with E-state index in [1.165, 1.54) is 38.9 Å². The topological polar surface area (TPSA) is 167 Å². The standard InChI is InChI=1S/C22H20O3.3C15H16O.2C13H10O3/c1-22(2,17-9-5-3-6-10-17)18-13-15-20(16-14-18)25-21(23)24-19-11-7-4-8-12-19;3*1-15(2,12-6-4-3-5-7-12)13-8-10-14(16)11-9-13;2*14-13(15-11-7-3-1-4-8-11)16-12-9-5-2-6-10-12/h3-16H,1-2H3;3*3-11,16H,1-2H3;2*1-10H. The maximum absolute atomic E-state index is 11.8. The van der Waals surface area contributed by atoms with Gasteiger partial charge < -0.3 is 43.7 Å².